The van der Waals surface area contributed by atoms with Gasteiger partial charge in [0.1, 0.15) is 0 Å². The van der Waals surface area contributed by atoms with E-state index in [1.165, 1.54) is 38.9 Å². The predicted molar refractivity (Wildman–Crippen MR) is 393 cm³/mol. The van der Waals surface area contributed by atoms with Crippen molar-refractivity contribution in [3.8, 4) is 33.4 Å². The number of anilines is 8. The highest BCUT2D eigenvalue weighted by atomic mass is 79.9. The average Bonchev–Trinajstić information content (AvgIpc) is 1.13. The van der Waals surface area contributed by atoms with Gasteiger partial charge in [0.25, 0.3) is 0 Å². The number of benzene rings is 11. The molecule has 8 heteroatoms. The van der Waals surface area contributed by atoms with Crippen molar-refractivity contribution in [2.24, 2.45) is 0 Å². The molecule has 0 radical (unpaired) electrons. The molecule has 0 aromatic heterocycles. The molecule has 0 amide bonds. The van der Waals surface area contributed by atoms with Crippen LogP contribution in [-0.4, -0.2) is 0 Å². The van der Waals surface area contributed by atoms with Crippen LogP contribution in [0.4, 0.5) is 45.5 Å². The van der Waals surface area contributed by atoms with Crippen molar-refractivity contribution in [1.29, 1.82) is 0 Å². The Kier molecular flexibility index (Phi) is 23.2. The second-order valence-electron chi connectivity index (χ2n) is 24.0. The van der Waals surface area contributed by atoms with Crippen LogP contribution in [0, 0.1) is 7.43 Å². The summed E-state index contributed by atoms with van der Waals surface area (Å²) in [7, 11) is 0. The number of nitrogens with zero attached hydrogens (tertiary/aromatic N) is 2. The summed E-state index contributed by atoms with van der Waals surface area (Å²) < 4.78 is 4.18. The highest BCUT2D eigenvalue weighted by Crippen LogP contribution is 2.50. The minimum absolute atomic E-state index is 0. The summed E-state index contributed by atoms with van der Waals surface area (Å²) in [6, 6.07) is 97.0. The van der Waals surface area contributed by atoms with Gasteiger partial charge in [-0.05, 0) is 192 Å². The van der Waals surface area contributed by atoms with E-state index in [0.717, 1.165) is 74.5 Å². The number of hydrogen-bond donors (Lipinski definition) is 1. The van der Waals surface area contributed by atoms with Crippen LogP contribution >= 0.6 is 63.7 Å². The van der Waals surface area contributed by atoms with Gasteiger partial charge in [0.05, 0.1) is 27.2 Å². The fourth-order valence-electron chi connectivity index (χ4n) is 10.1. The van der Waals surface area contributed by atoms with E-state index in [9.17, 15) is 0 Å². The molecule has 0 saturated heterocycles. The van der Waals surface area contributed by atoms with Gasteiger partial charge in [-0.2, -0.15) is 0 Å². The molecule has 11 aromatic rings. The zero-order valence-corrected chi connectivity index (χ0v) is 57.8. The molecule has 0 unspecified atom stereocenters. The Balaban J connectivity index is 0.000000261. The normalized spacial score (nSPS) is 11.1. The quantitative estimate of drug-likeness (QED) is 0.104. The van der Waals surface area contributed by atoms with Crippen LogP contribution in [-0.2, 0) is 16.2 Å². The summed E-state index contributed by atoms with van der Waals surface area (Å²) >= 11 is 14.4. The van der Waals surface area contributed by atoms with E-state index < -0.39 is 0 Å². The second kappa shape index (κ2) is 30.1. The number of nitrogens with one attached hydrogen (secondary N) is 1. The fraction of sp³-hybridized carbons (Fsp3) is 0.152. The second-order valence-corrected chi connectivity index (χ2v) is 27.3. The Morgan fingerprint density at radius 1 is 0.287 bits per heavy atom. The maximum absolute atomic E-state index is 4.24. The monoisotopic (exact) mass is 1400 g/mol. The van der Waals surface area contributed by atoms with Crippen LogP contribution in [0.2, 0.25) is 0 Å². The smallest absolute Gasteiger partial charge is 0.0656 e. The molecule has 11 aromatic carbocycles. The fourth-order valence-corrected chi connectivity index (χ4v) is 12.0. The van der Waals surface area contributed by atoms with E-state index >= 15 is 0 Å². The van der Waals surface area contributed by atoms with Crippen LogP contribution in [0.25, 0.3) is 39.5 Å². The maximum atomic E-state index is 4.24. The molecule has 11 rings (SSSR count). The first kappa shape index (κ1) is 67.2. The molecule has 0 aliphatic rings. The Hall–Kier alpha value is -7.30. The van der Waals surface area contributed by atoms with Crippen LogP contribution in [0.15, 0.2) is 291 Å². The van der Waals surface area contributed by atoms with Crippen LogP contribution in [0.5, 0.6) is 0 Å². The van der Waals surface area contributed by atoms with E-state index in [1.54, 1.807) is 0 Å². The van der Waals surface area contributed by atoms with Gasteiger partial charge in [0.2, 0.25) is 0 Å². The molecule has 0 heterocycles. The molecule has 444 valence electrons. The minimum Gasteiger partial charge on any atom is -0.693 e. The summed E-state index contributed by atoms with van der Waals surface area (Å²) in [5.41, 5.74) is 20.0. The third kappa shape index (κ3) is 16.9. The molecule has 0 spiro atoms. The van der Waals surface area contributed by atoms with Crippen molar-refractivity contribution in [1.82, 2.24) is 0 Å². The lowest BCUT2D eigenvalue weighted by Gasteiger charge is -2.33. The van der Waals surface area contributed by atoms with E-state index in [2.05, 4.69) is 390 Å². The van der Waals surface area contributed by atoms with Crippen molar-refractivity contribution < 1.29 is 0 Å². The topological polar surface area (TPSA) is 52.0 Å². The number of hydrogen-bond acceptors (Lipinski definition) is 3. The van der Waals surface area contributed by atoms with Gasteiger partial charge >= 0.3 is 0 Å². The number of rotatable bonds is 11. The third-order valence-electron chi connectivity index (χ3n) is 14.8. The van der Waals surface area contributed by atoms with Gasteiger partial charge < -0.3 is 28.7 Å². The Morgan fingerprint density at radius 2 is 0.586 bits per heavy atom. The summed E-state index contributed by atoms with van der Waals surface area (Å²) in [6.45, 7) is 20.3. The Labute approximate surface area is 552 Å². The van der Waals surface area contributed by atoms with Gasteiger partial charge in [0, 0.05) is 52.9 Å². The van der Waals surface area contributed by atoms with E-state index in [-0.39, 0.29) is 29.8 Å². The first-order valence-electron chi connectivity index (χ1n) is 28.8. The first-order valence-corrected chi connectivity index (χ1v) is 31.9. The molecule has 0 atom stereocenters. The lowest BCUT2D eigenvalue weighted by molar-refractivity contribution is 0.590. The first-order chi connectivity index (χ1) is 40.8. The molecule has 3 N–H and O–H groups in total. The van der Waals surface area contributed by atoms with E-state index in [1.807, 2.05) is 24.3 Å². The minimum atomic E-state index is 0. The molecule has 0 aliphatic heterocycles. The van der Waals surface area contributed by atoms with Gasteiger partial charge in [-0.25, -0.2) is 0 Å². The molecule has 87 heavy (non-hydrogen) atoms. The van der Waals surface area contributed by atoms with Gasteiger partial charge in [-0.3, -0.25) is 0 Å². The molecular formula is C79H78Br4N4-2. The average molecular weight is 1400 g/mol. The Morgan fingerprint density at radius 3 is 0.954 bits per heavy atom. The molecule has 0 fully saturated rings. The van der Waals surface area contributed by atoms with Crippen molar-refractivity contribution >= 4 is 109 Å². The largest absolute Gasteiger partial charge is 0.693 e. The molecule has 0 aliphatic carbocycles. The molecule has 4 nitrogen and oxygen atoms in total. The summed E-state index contributed by atoms with van der Waals surface area (Å²) in [5, 5.41) is 3.55. The zero-order valence-electron chi connectivity index (χ0n) is 51.5. The van der Waals surface area contributed by atoms with Crippen molar-refractivity contribution in [3.05, 3.63) is 321 Å². The van der Waals surface area contributed by atoms with Gasteiger partial charge in [-0.15, -0.1) is 0 Å². The number of nitrogens with two attached hydrogens (primary N) is 1. The molecule has 0 saturated carbocycles. The third-order valence-corrected chi connectivity index (χ3v) is 18.9. The standard InChI is InChI=1S/C50H47BrN2.C22H23N.C6H3Br3.CH3.H2N/c1-49(2,3)38-28-32-40(33-29-38)52(44-24-15-13-22-42(44)36-18-9-7-10-19-36)46-26-17-27-47(48(46)51)53(41-34-30-39(31-35-41)50(4,5)6)45-25-16-14-23-43(45)37-20-11-8-12-21-37;1-22(2,3)18-13-15-19(16-14-18)23-21-12-8-7-11-20(21)17-9-5-4-6-10-17;7-4-2-1-3-5(8)6(4)9;;/h7-35H,1-6H3;4-16,23H,1-3H3;1-3H;1H3;1H2/q;;;2*-1. The molecular weight excluding hydrogens is 1320 g/mol. The highest BCUT2D eigenvalue weighted by molar-refractivity contribution is 9.14. The van der Waals surface area contributed by atoms with Gasteiger partial charge in [-0.1, -0.05) is 256 Å². The summed E-state index contributed by atoms with van der Waals surface area (Å²) in [4.78, 5) is 4.79. The number of halogens is 4. The van der Waals surface area contributed by atoms with Crippen LogP contribution in [0.3, 0.4) is 0 Å². The maximum Gasteiger partial charge on any atom is 0.0656 e. The van der Waals surface area contributed by atoms with Crippen molar-refractivity contribution in [2.75, 3.05) is 15.1 Å². The van der Waals surface area contributed by atoms with Crippen molar-refractivity contribution in [2.45, 2.75) is 78.6 Å². The van der Waals surface area contributed by atoms with Crippen LogP contribution < -0.4 is 15.1 Å². The van der Waals surface area contributed by atoms with Crippen molar-refractivity contribution in [3.63, 3.8) is 0 Å². The molecule has 0 bridgehead atoms. The highest BCUT2D eigenvalue weighted by Gasteiger charge is 2.26. The van der Waals surface area contributed by atoms with E-state index in [0.29, 0.717) is 0 Å². The summed E-state index contributed by atoms with van der Waals surface area (Å²) in [6.07, 6.45) is 0. The predicted octanol–water partition coefficient (Wildman–Crippen LogP) is 26.9. The summed E-state index contributed by atoms with van der Waals surface area (Å²) in [5.74, 6) is 0. The SMILES string of the molecule is Brc1cccc(Br)c1Br.CC(C)(C)c1ccc(N(c2ccccc2-c2ccccc2)c2cccc(N(c3ccc(C(C)(C)C)cc3)c3ccccc3-c3ccccc3)c2Br)cc1.CC(C)(C)c1ccc(Nc2ccccc2-c2ccccc2)cc1.[CH3-].[NH2-]. The number of para-hydroxylation sites is 3. The zero-order chi connectivity index (χ0) is 60.3. The van der Waals surface area contributed by atoms with Crippen LogP contribution in [0.1, 0.15) is 79.0 Å². The van der Waals surface area contributed by atoms with Gasteiger partial charge in [0.15, 0.2) is 0 Å². The lowest BCUT2D eigenvalue weighted by atomic mass is 9.87. The van der Waals surface area contributed by atoms with E-state index in [4.69, 9.17) is 0 Å². The lowest BCUT2D eigenvalue weighted by Crippen LogP contribution is -2.16. The Bertz CT molecular complexity index is 3760.